The van der Waals surface area contributed by atoms with Crippen molar-refractivity contribution in [2.75, 3.05) is 13.2 Å². The van der Waals surface area contributed by atoms with Crippen molar-refractivity contribution in [3.8, 4) is 5.75 Å². The van der Waals surface area contributed by atoms with Crippen LogP contribution in [0.1, 0.15) is 103 Å². The quantitative estimate of drug-likeness (QED) is 0.293. The largest absolute Gasteiger partial charge is 0.507 e. The average Bonchev–Trinajstić information content (AvgIpc) is 2.85. The zero-order valence-corrected chi connectivity index (χ0v) is 23.7. The van der Waals surface area contributed by atoms with E-state index in [1.54, 1.807) is 45.9 Å². The summed E-state index contributed by atoms with van der Waals surface area (Å²) in [4.78, 5) is 41.6. The van der Waals surface area contributed by atoms with Crippen LogP contribution in [0.15, 0.2) is 18.2 Å². The molecule has 0 aromatic heterocycles. The molecule has 1 aliphatic rings. The van der Waals surface area contributed by atoms with Crippen LogP contribution < -0.4 is 10.6 Å². The lowest BCUT2D eigenvalue weighted by Crippen LogP contribution is -2.55. The Labute approximate surface area is 227 Å². The second-order valence-electron chi connectivity index (χ2n) is 11.2. The van der Waals surface area contributed by atoms with Gasteiger partial charge in [-0.3, -0.25) is 9.59 Å². The number of para-hydroxylation sites is 1. The topological polar surface area (TPSA) is 128 Å². The van der Waals surface area contributed by atoms with E-state index in [4.69, 9.17) is 4.74 Å². The number of aryl methyl sites for hydroxylation is 1. The molecule has 0 radical (unpaired) electrons. The van der Waals surface area contributed by atoms with Crippen molar-refractivity contribution < 1.29 is 29.3 Å². The standard InChI is InChI=1S/C29H47N3O6/c1-6-7-8-12-18-32(27(36)23(19-33)31-28(37)38-29(3,4)5)24(22-17-13-14-20(2)25(22)34)26(35)30-21-15-10-9-11-16-21/h13-14,17,21,23-24,33-34H,6-12,15-16,18-19H2,1-5H3,(H,30,35)(H,31,37). The number of nitrogens with zero attached hydrogens (tertiary/aromatic N) is 1. The van der Waals surface area contributed by atoms with E-state index in [9.17, 15) is 24.6 Å². The van der Waals surface area contributed by atoms with Gasteiger partial charge < -0.3 is 30.5 Å². The number of hydrogen-bond donors (Lipinski definition) is 4. The molecule has 2 atom stereocenters. The van der Waals surface area contributed by atoms with Gasteiger partial charge in [0.05, 0.1) is 6.61 Å². The number of nitrogens with one attached hydrogen (secondary N) is 2. The van der Waals surface area contributed by atoms with Gasteiger partial charge in [0.1, 0.15) is 23.4 Å². The first kappa shape index (κ1) is 31.4. The summed E-state index contributed by atoms with van der Waals surface area (Å²) in [6.07, 6.45) is 7.51. The lowest BCUT2D eigenvalue weighted by Gasteiger charge is -2.35. The summed E-state index contributed by atoms with van der Waals surface area (Å²) < 4.78 is 5.29. The van der Waals surface area contributed by atoms with Crippen LogP contribution in [0.2, 0.25) is 0 Å². The number of benzene rings is 1. The van der Waals surface area contributed by atoms with Gasteiger partial charge in [-0.05, 0) is 52.5 Å². The summed E-state index contributed by atoms with van der Waals surface area (Å²) >= 11 is 0. The predicted octanol–water partition coefficient (Wildman–Crippen LogP) is 4.49. The Morgan fingerprint density at radius 2 is 1.79 bits per heavy atom. The molecule has 214 valence electrons. The molecule has 2 unspecified atom stereocenters. The fourth-order valence-electron chi connectivity index (χ4n) is 4.79. The number of hydrogen-bond acceptors (Lipinski definition) is 6. The highest BCUT2D eigenvalue weighted by Crippen LogP contribution is 2.33. The average molecular weight is 534 g/mol. The Morgan fingerprint density at radius 3 is 2.39 bits per heavy atom. The number of rotatable bonds is 12. The molecule has 1 aliphatic carbocycles. The fraction of sp³-hybridized carbons (Fsp3) is 0.690. The molecule has 1 aromatic carbocycles. The van der Waals surface area contributed by atoms with Crippen LogP contribution in [-0.4, -0.2) is 63.9 Å². The SMILES string of the molecule is CCCCCCN(C(=O)C(CO)NC(=O)OC(C)(C)C)C(C(=O)NC1CCCCC1)c1cccc(C)c1O. The Kier molecular flexibility index (Phi) is 12.4. The molecule has 2 rings (SSSR count). The number of unbranched alkanes of at least 4 members (excludes halogenated alkanes) is 3. The molecule has 0 aliphatic heterocycles. The summed E-state index contributed by atoms with van der Waals surface area (Å²) in [5, 5.41) is 26.6. The highest BCUT2D eigenvalue weighted by molar-refractivity contribution is 5.92. The zero-order valence-electron chi connectivity index (χ0n) is 23.7. The Morgan fingerprint density at radius 1 is 1.11 bits per heavy atom. The van der Waals surface area contributed by atoms with E-state index < -0.39 is 36.3 Å². The lowest BCUT2D eigenvalue weighted by molar-refractivity contribution is -0.143. The van der Waals surface area contributed by atoms with Crippen molar-refractivity contribution in [2.24, 2.45) is 0 Å². The van der Waals surface area contributed by atoms with Crippen LogP contribution in [0.5, 0.6) is 5.75 Å². The number of amides is 3. The van der Waals surface area contributed by atoms with Crippen molar-refractivity contribution >= 4 is 17.9 Å². The van der Waals surface area contributed by atoms with E-state index >= 15 is 0 Å². The minimum Gasteiger partial charge on any atom is -0.507 e. The highest BCUT2D eigenvalue weighted by atomic mass is 16.6. The molecule has 0 saturated heterocycles. The van der Waals surface area contributed by atoms with Crippen LogP contribution in [0.3, 0.4) is 0 Å². The molecule has 3 amide bonds. The van der Waals surface area contributed by atoms with Gasteiger partial charge in [-0.1, -0.05) is 63.6 Å². The first-order chi connectivity index (χ1) is 18.0. The van der Waals surface area contributed by atoms with Crippen molar-refractivity contribution in [1.29, 1.82) is 0 Å². The van der Waals surface area contributed by atoms with Gasteiger partial charge in [-0.25, -0.2) is 4.79 Å². The maximum Gasteiger partial charge on any atom is 0.408 e. The molecule has 9 nitrogen and oxygen atoms in total. The molecular formula is C29H47N3O6. The van der Waals surface area contributed by atoms with Crippen LogP contribution >= 0.6 is 0 Å². The Hall–Kier alpha value is -2.81. The second kappa shape index (κ2) is 15.0. The minimum absolute atomic E-state index is 0.00345. The molecule has 0 bridgehead atoms. The van der Waals surface area contributed by atoms with E-state index in [0.29, 0.717) is 17.5 Å². The maximum absolute atomic E-state index is 13.9. The third kappa shape index (κ3) is 9.49. The zero-order chi connectivity index (χ0) is 28.3. The van der Waals surface area contributed by atoms with E-state index in [0.717, 1.165) is 51.4 Å². The van der Waals surface area contributed by atoms with Gasteiger partial charge in [0.15, 0.2) is 0 Å². The first-order valence-corrected chi connectivity index (χ1v) is 14.0. The molecule has 1 saturated carbocycles. The van der Waals surface area contributed by atoms with Gasteiger partial charge in [-0.15, -0.1) is 0 Å². The molecular weight excluding hydrogens is 486 g/mol. The molecule has 4 N–H and O–H groups in total. The van der Waals surface area contributed by atoms with Crippen LogP contribution in [0.25, 0.3) is 0 Å². The number of phenolic OH excluding ortho intramolecular Hbond substituents is 1. The number of phenols is 1. The van der Waals surface area contributed by atoms with Crippen molar-refractivity contribution in [1.82, 2.24) is 15.5 Å². The number of alkyl carbamates (subject to hydrolysis) is 1. The molecule has 9 heteroatoms. The lowest BCUT2D eigenvalue weighted by atomic mass is 9.94. The number of aliphatic hydroxyl groups excluding tert-OH is 1. The van der Waals surface area contributed by atoms with Crippen molar-refractivity contribution in [2.45, 2.75) is 116 Å². The van der Waals surface area contributed by atoms with Crippen LogP contribution in [0, 0.1) is 6.92 Å². The molecule has 38 heavy (non-hydrogen) atoms. The van der Waals surface area contributed by atoms with Crippen LogP contribution in [0.4, 0.5) is 4.79 Å². The van der Waals surface area contributed by atoms with E-state index in [1.165, 1.54) is 4.90 Å². The number of aromatic hydroxyl groups is 1. The monoisotopic (exact) mass is 533 g/mol. The van der Waals surface area contributed by atoms with Crippen molar-refractivity contribution in [3.63, 3.8) is 0 Å². The third-order valence-corrected chi connectivity index (χ3v) is 6.78. The molecule has 1 fully saturated rings. The summed E-state index contributed by atoms with van der Waals surface area (Å²) in [5.41, 5.74) is 0.112. The van der Waals surface area contributed by atoms with Gasteiger partial charge in [0, 0.05) is 18.2 Å². The first-order valence-electron chi connectivity index (χ1n) is 14.0. The number of carbonyl (C=O) groups is 3. The van der Waals surface area contributed by atoms with E-state index in [1.807, 2.05) is 0 Å². The Bertz CT molecular complexity index is 923. The highest BCUT2D eigenvalue weighted by Gasteiger charge is 2.38. The summed E-state index contributed by atoms with van der Waals surface area (Å²) in [6.45, 7) is 8.49. The predicted molar refractivity (Wildman–Crippen MR) is 147 cm³/mol. The summed E-state index contributed by atoms with van der Waals surface area (Å²) in [6, 6.07) is 2.69. The molecule has 1 aromatic rings. The summed E-state index contributed by atoms with van der Waals surface area (Å²) in [5.74, 6) is -1.04. The Balaban J connectivity index is 2.45. The summed E-state index contributed by atoms with van der Waals surface area (Å²) in [7, 11) is 0. The van der Waals surface area contributed by atoms with Crippen LogP contribution in [-0.2, 0) is 14.3 Å². The fourth-order valence-corrected chi connectivity index (χ4v) is 4.79. The smallest absolute Gasteiger partial charge is 0.408 e. The van der Waals surface area contributed by atoms with Gasteiger partial charge >= 0.3 is 6.09 Å². The minimum atomic E-state index is -1.31. The third-order valence-electron chi connectivity index (χ3n) is 6.78. The second-order valence-corrected chi connectivity index (χ2v) is 11.2. The number of aliphatic hydroxyl groups is 1. The van der Waals surface area contributed by atoms with Gasteiger partial charge in [-0.2, -0.15) is 0 Å². The van der Waals surface area contributed by atoms with Gasteiger partial charge in [0.2, 0.25) is 11.8 Å². The van der Waals surface area contributed by atoms with Gasteiger partial charge in [0.25, 0.3) is 0 Å². The van der Waals surface area contributed by atoms with Crippen molar-refractivity contribution in [3.05, 3.63) is 29.3 Å². The van der Waals surface area contributed by atoms with E-state index in [2.05, 4.69) is 17.6 Å². The maximum atomic E-state index is 13.9. The molecule has 0 spiro atoms. The molecule has 0 heterocycles. The number of carbonyl (C=O) groups excluding carboxylic acids is 3. The normalized spacial score (nSPS) is 15.8. The van der Waals surface area contributed by atoms with E-state index in [-0.39, 0.29) is 24.2 Å². The number of ether oxygens (including phenoxy) is 1.